The van der Waals surface area contributed by atoms with Crippen molar-refractivity contribution in [3.05, 3.63) is 33.9 Å². The van der Waals surface area contributed by atoms with Gasteiger partial charge in [0.05, 0.1) is 17.6 Å². The van der Waals surface area contributed by atoms with Crippen molar-refractivity contribution in [1.29, 1.82) is 0 Å². The van der Waals surface area contributed by atoms with Gasteiger partial charge in [0.1, 0.15) is 6.54 Å². The van der Waals surface area contributed by atoms with Gasteiger partial charge in [0.15, 0.2) is 0 Å². The largest absolute Gasteiger partial charge is 0.468 e. The second-order valence-corrected chi connectivity index (χ2v) is 3.89. The third-order valence-corrected chi connectivity index (χ3v) is 2.50. The Morgan fingerprint density at radius 2 is 2.05 bits per heavy atom. The van der Waals surface area contributed by atoms with Gasteiger partial charge < -0.3 is 9.64 Å². The number of carbonyl (C=O) groups excluding carboxylic acids is 1. The summed E-state index contributed by atoms with van der Waals surface area (Å²) in [6, 6.07) is 2.32. The molecule has 110 valence electrons. The second-order valence-electron chi connectivity index (χ2n) is 3.89. The summed E-state index contributed by atoms with van der Waals surface area (Å²) in [6.45, 7) is -0.405. The SMILES string of the molecule is COC(=O)CN(C)c1ccc([N+](=O)[O-])cc1C(F)(F)F. The summed E-state index contributed by atoms with van der Waals surface area (Å²) in [7, 11) is 2.37. The summed E-state index contributed by atoms with van der Waals surface area (Å²) in [4.78, 5) is 21.7. The van der Waals surface area contributed by atoms with Crippen LogP contribution in [0.15, 0.2) is 18.2 Å². The van der Waals surface area contributed by atoms with E-state index >= 15 is 0 Å². The molecule has 0 spiro atoms. The third-order valence-electron chi connectivity index (χ3n) is 2.50. The maximum absolute atomic E-state index is 12.9. The Kier molecular flexibility index (Phi) is 4.53. The van der Waals surface area contributed by atoms with Crippen molar-refractivity contribution < 1.29 is 27.6 Å². The minimum Gasteiger partial charge on any atom is -0.468 e. The van der Waals surface area contributed by atoms with Crippen LogP contribution in [0, 0.1) is 10.1 Å². The summed E-state index contributed by atoms with van der Waals surface area (Å²) in [5.41, 5.74) is -2.20. The summed E-state index contributed by atoms with van der Waals surface area (Å²) < 4.78 is 43.1. The van der Waals surface area contributed by atoms with Crippen molar-refractivity contribution >= 4 is 17.3 Å². The van der Waals surface area contributed by atoms with Crippen LogP contribution in [0.3, 0.4) is 0 Å². The number of nitro groups is 1. The normalized spacial score (nSPS) is 11.1. The van der Waals surface area contributed by atoms with Crippen LogP contribution < -0.4 is 4.90 Å². The number of halogens is 3. The summed E-state index contributed by atoms with van der Waals surface area (Å²) in [5, 5.41) is 10.5. The molecule has 0 unspecified atom stereocenters. The smallest absolute Gasteiger partial charge is 0.418 e. The average Bonchev–Trinajstić information content (AvgIpc) is 2.36. The third kappa shape index (κ3) is 3.59. The highest BCUT2D eigenvalue weighted by atomic mass is 19.4. The van der Waals surface area contributed by atoms with Crippen molar-refractivity contribution in [2.45, 2.75) is 6.18 Å². The molecule has 0 aliphatic heterocycles. The zero-order chi connectivity index (χ0) is 15.5. The Balaban J connectivity index is 3.25. The van der Waals surface area contributed by atoms with Gasteiger partial charge in [-0.3, -0.25) is 14.9 Å². The van der Waals surface area contributed by atoms with E-state index in [0.29, 0.717) is 6.07 Å². The lowest BCUT2D eigenvalue weighted by molar-refractivity contribution is -0.385. The van der Waals surface area contributed by atoms with E-state index in [9.17, 15) is 28.1 Å². The number of ether oxygens (including phenoxy) is 1. The summed E-state index contributed by atoms with van der Waals surface area (Å²) >= 11 is 0. The predicted molar refractivity (Wildman–Crippen MR) is 63.4 cm³/mol. The van der Waals surface area contributed by atoms with Crippen molar-refractivity contribution in [2.75, 3.05) is 25.6 Å². The highest BCUT2D eigenvalue weighted by Crippen LogP contribution is 2.38. The van der Waals surface area contributed by atoms with Gasteiger partial charge in [-0.2, -0.15) is 13.2 Å². The topological polar surface area (TPSA) is 72.7 Å². The highest BCUT2D eigenvalue weighted by Gasteiger charge is 2.36. The molecule has 0 aliphatic rings. The fourth-order valence-corrected chi connectivity index (χ4v) is 1.54. The molecule has 0 atom stereocenters. The first-order valence-corrected chi connectivity index (χ1v) is 5.30. The first-order valence-electron chi connectivity index (χ1n) is 5.30. The van der Waals surface area contributed by atoms with Crippen LogP contribution in [0.25, 0.3) is 0 Å². The van der Waals surface area contributed by atoms with Crippen LogP contribution in [0.5, 0.6) is 0 Å². The van der Waals surface area contributed by atoms with Crippen LogP contribution in [0.2, 0.25) is 0 Å². The summed E-state index contributed by atoms with van der Waals surface area (Å²) in [5.74, 6) is -0.723. The molecular formula is C11H11F3N2O4. The number of likely N-dealkylation sites (N-methyl/N-ethyl adjacent to an activating group) is 1. The molecular weight excluding hydrogens is 281 g/mol. The van der Waals surface area contributed by atoms with Gasteiger partial charge in [-0.05, 0) is 6.07 Å². The van der Waals surface area contributed by atoms with Gasteiger partial charge in [-0.15, -0.1) is 0 Å². The summed E-state index contributed by atoms with van der Waals surface area (Å²) in [6.07, 6.45) is -4.77. The number of methoxy groups -OCH3 is 1. The van der Waals surface area contributed by atoms with Gasteiger partial charge >= 0.3 is 12.1 Å². The van der Waals surface area contributed by atoms with Gasteiger partial charge in [0, 0.05) is 24.9 Å². The average molecular weight is 292 g/mol. The first kappa shape index (κ1) is 15.7. The van der Waals surface area contributed by atoms with E-state index in [1.807, 2.05) is 0 Å². The molecule has 9 heteroatoms. The zero-order valence-electron chi connectivity index (χ0n) is 10.6. The molecule has 1 aromatic carbocycles. The van der Waals surface area contributed by atoms with E-state index in [1.165, 1.54) is 7.05 Å². The number of non-ortho nitro benzene ring substituents is 1. The van der Waals surface area contributed by atoms with E-state index in [2.05, 4.69) is 4.74 Å². The maximum atomic E-state index is 12.9. The maximum Gasteiger partial charge on any atom is 0.418 e. The number of carbonyl (C=O) groups is 1. The Labute approximate surface area is 111 Å². The fourth-order valence-electron chi connectivity index (χ4n) is 1.54. The van der Waals surface area contributed by atoms with E-state index in [4.69, 9.17) is 0 Å². The van der Waals surface area contributed by atoms with Gasteiger partial charge in [0.2, 0.25) is 0 Å². The molecule has 20 heavy (non-hydrogen) atoms. The molecule has 0 heterocycles. The van der Waals surface area contributed by atoms with E-state index in [-0.39, 0.29) is 5.69 Å². The fraction of sp³-hybridized carbons (Fsp3) is 0.364. The lowest BCUT2D eigenvalue weighted by Crippen LogP contribution is -2.28. The molecule has 0 fully saturated rings. The number of nitro benzene ring substituents is 1. The molecule has 1 aromatic rings. The van der Waals surface area contributed by atoms with Crippen LogP contribution in [-0.4, -0.2) is 31.6 Å². The molecule has 0 saturated heterocycles. The standard InChI is InChI=1S/C11H11F3N2O4/c1-15(6-10(17)20-2)9-4-3-7(16(18)19)5-8(9)11(12,13)14/h3-5H,6H2,1-2H3. The molecule has 0 bridgehead atoms. The van der Waals surface area contributed by atoms with Crippen LogP contribution >= 0.6 is 0 Å². The number of nitrogens with zero attached hydrogens (tertiary/aromatic N) is 2. The van der Waals surface area contributed by atoms with Crippen molar-refractivity contribution in [1.82, 2.24) is 0 Å². The lowest BCUT2D eigenvalue weighted by Gasteiger charge is -2.22. The van der Waals surface area contributed by atoms with Crippen molar-refractivity contribution in [2.24, 2.45) is 0 Å². The molecule has 6 nitrogen and oxygen atoms in total. The zero-order valence-corrected chi connectivity index (χ0v) is 10.6. The van der Waals surface area contributed by atoms with Gasteiger partial charge in [-0.25, -0.2) is 0 Å². The molecule has 1 rings (SSSR count). The van der Waals surface area contributed by atoms with E-state index in [1.54, 1.807) is 0 Å². The molecule has 0 amide bonds. The van der Waals surface area contributed by atoms with Crippen molar-refractivity contribution in [3.63, 3.8) is 0 Å². The number of hydrogen-bond acceptors (Lipinski definition) is 5. The molecule has 0 N–H and O–H groups in total. The Morgan fingerprint density at radius 3 is 2.50 bits per heavy atom. The number of rotatable bonds is 4. The quantitative estimate of drug-likeness (QED) is 0.483. The predicted octanol–water partition coefficient (Wildman–Crippen LogP) is 2.22. The minimum atomic E-state index is -4.77. The second kappa shape index (κ2) is 5.76. The van der Waals surface area contributed by atoms with Gasteiger partial charge in [-0.1, -0.05) is 0 Å². The van der Waals surface area contributed by atoms with Crippen LogP contribution in [0.1, 0.15) is 5.56 Å². The minimum absolute atomic E-state index is 0.339. The van der Waals surface area contributed by atoms with Crippen LogP contribution in [0.4, 0.5) is 24.5 Å². The van der Waals surface area contributed by atoms with Gasteiger partial charge in [0.25, 0.3) is 5.69 Å². The Bertz CT molecular complexity index is 531. The van der Waals surface area contributed by atoms with Crippen molar-refractivity contribution in [3.8, 4) is 0 Å². The molecule has 0 saturated carbocycles. The number of hydrogen-bond donors (Lipinski definition) is 0. The van der Waals surface area contributed by atoms with Crippen LogP contribution in [-0.2, 0) is 15.7 Å². The lowest BCUT2D eigenvalue weighted by atomic mass is 10.1. The molecule has 0 aromatic heterocycles. The highest BCUT2D eigenvalue weighted by molar-refractivity contribution is 5.76. The molecule has 0 radical (unpaired) electrons. The number of benzene rings is 1. The number of alkyl halides is 3. The van der Waals surface area contributed by atoms with E-state index in [0.717, 1.165) is 24.1 Å². The Hall–Kier alpha value is -2.32. The van der Waals surface area contributed by atoms with E-state index < -0.39 is 34.9 Å². The monoisotopic (exact) mass is 292 g/mol. The molecule has 0 aliphatic carbocycles. The first-order chi connectivity index (χ1) is 9.16. The number of esters is 1. The Morgan fingerprint density at radius 1 is 1.45 bits per heavy atom. The number of anilines is 1.